The SMILES string of the molecule is C#C[C@@H](C(C)C)C(CCC)C(N)=O. The molecule has 0 aliphatic heterocycles. The molecule has 2 heteroatoms. The third kappa shape index (κ3) is 3.50. The summed E-state index contributed by atoms with van der Waals surface area (Å²) in [5.41, 5.74) is 5.30. The van der Waals surface area contributed by atoms with Crippen molar-refractivity contribution in [1.29, 1.82) is 0 Å². The summed E-state index contributed by atoms with van der Waals surface area (Å²) < 4.78 is 0. The molecule has 0 saturated carbocycles. The van der Waals surface area contributed by atoms with Gasteiger partial charge < -0.3 is 5.73 Å². The Kier molecular flexibility index (Phi) is 5.22. The fourth-order valence-electron chi connectivity index (χ4n) is 1.58. The summed E-state index contributed by atoms with van der Waals surface area (Å²) in [5.74, 6) is 2.54. The van der Waals surface area contributed by atoms with E-state index in [1.807, 2.05) is 20.8 Å². The van der Waals surface area contributed by atoms with Crippen LogP contribution in [0.5, 0.6) is 0 Å². The molecule has 0 aromatic heterocycles. The summed E-state index contributed by atoms with van der Waals surface area (Å²) in [6, 6.07) is 0. The lowest BCUT2D eigenvalue weighted by Crippen LogP contribution is -2.31. The highest BCUT2D eigenvalue weighted by Crippen LogP contribution is 2.24. The third-order valence-electron chi connectivity index (χ3n) is 2.31. The predicted octanol–water partition coefficient (Wildman–Crippen LogP) is 1.79. The number of rotatable bonds is 5. The van der Waals surface area contributed by atoms with Crippen LogP contribution in [0.4, 0.5) is 0 Å². The van der Waals surface area contributed by atoms with Crippen molar-refractivity contribution in [2.24, 2.45) is 23.5 Å². The summed E-state index contributed by atoms with van der Waals surface area (Å²) in [5, 5.41) is 0. The topological polar surface area (TPSA) is 43.1 Å². The molecule has 1 amide bonds. The predicted molar refractivity (Wildman–Crippen MR) is 54.8 cm³/mol. The van der Waals surface area contributed by atoms with Gasteiger partial charge in [-0.05, 0) is 12.3 Å². The molecule has 0 spiro atoms. The molecule has 0 radical (unpaired) electrons. The largest absolute Gasteiger partial charge is 0.369 e. The maximum absolute atomic E-state index is 11.1. The summed E-state index contributed by atoms with van der Waals surface area (Å²) in [4.78, 5) is 11.1. The van der Waals surface area contributed by atoms with E-state index in [2.05, 4.69) is 5.92 Å². The first-order valence-electron chi connectivity index (χ1n) is 4.80. The van der Waals surface area contributed by atoms with Gasteiger partial charge in [-0.3, -0.25) is 4.79 Å². The molecule has 0 saturated heterocycles. The molecule has 0 rings (SSSR count). The van der Waals surface area contributed by atoms with E-state index in [1.165, 1.54) is 0 Å². The molecule has 2 nitrogen and oxygen atoms in total. The number of carbonyl (C=O) groups is 1. The van der Waals surface area contributed by atoms with Crippen molar-refractivity contribution in [3.05, 3.63) is 0 Å². The van der Waals surface area contributed by atoms with Crippen molar-refractivity contribution in [1.82, 2.24) is 0 Å². The second-order valence-corrected chi connectivity index (χ2v) is 3.73. The normalized spacial score (nSPS) is 15.0. The van der Waals surface area contributed by atoms with Crippen LogP contribution in [0.2, 0.25) is 0 Å². The number of hydrogen-bond donors (Lipinski definition) is 1. The lowest BCUT2D eigenvalue weighted by molar-refractivity contribution is -0.123. The first-order chi connectivity index (χ1) is 6.04. The van der Waals surface area contributed by atoms with Gasteiger partial charge in [-0.2, -0.15) is 0 Å². The van der Waals surface area contributed by atoms with Crippen molar-refractivity contribution in [2.75, 3.05) is 0 Å². The quantitative estimate of drug-likeness (QED) is 0.646. The Balaban J connectivity index is 4.51. The molecule has 1 unspecified atom stereocenters. The minimum Gasteiger partial charge on any atom is -0.369 e. The van der Waals surface area contributed by atoms with Gasteiger partial charge in [0.15, 0.2) is 0 Å². The molecule has 0 bridgehead atoms. The minimum absolute atomic E-state index is 0.0163. The van der Waals surface area contributed by atoms with Gasteiger partial charge in [0.25, 0.3) is 0 Å². The van der Waals surface area contributed by atoms with Crippen molar-refractivity contribution in [3.63, 3.8) is 0 Å². The lowest BCUT2D eigenvalue weighted by atomic mass is 9.81. The smallest absolute Gasteiger partial charge is 0.221 e. The fraction of sp³-hybridized carbons (Fsp3) is 0.727. The Bertz CT molecular complexity index is 203. The monoisotopic (exact) mass is 181 g/mol. The summed E-state index contributed by atoms with van der Waals surface area (Å²) in [6.45, 7) is 6.08. The molecule has 13 heavy (non-hydrogen) atoms. The van der Waals surface area contributed by atoms with Gasteiger partial charge in [-0.1, -0.05) is 27.2 Å². The molecule has 2 atom stereocenters. The highest BCUT2D eigenvalue weighted by atomic mass is 16.1. The van der Waals surface area contributed by atoms with Crippen LogP contribution in [-0.2, 0) is 4.79 Å². The van der Waals surface area contributed by atoms with Crippen LogP contribution in [0.25, 0.3) is 0 Å². The van der Waals surface area contributed by atoms with Gasteiger partial charge >= 0.3 is 0 Å². The Labute approximate surface area is 80.9 Å². The maximum atomic E-state index is 11.1. The zero-order chi connectivity index (χ0) is 10.4. The first kappa shape index (κ1) is 12.0. The summed E-state index contributed by atoms with van der Waals surface area (Å²) >= 11 is 0. The number of carbonyl (C=O) groups excluding carboxylic acids is 1. The first-order valence-corrected chi connectivity index (χ1v) is 4.80. The van der Waals surface area contributed by atoms with Gasteiger partial charge in [0.2, 0.25) is 5.91 Å². The van der Waals surface area contributed by atoms with E-state index < -0.39 is 0 Å². The zero-order valence-corrected chi connectivity index (χ0v) is 8.71. The Hall–Kier alpha value is -0.970. The summed E-state index contributed by atoms with van der Waals surface area (Å²) in [7, 11) is 0. The van der Waals surface area contributed by atoms with Gasteiger partial charge in [-0.25, -0.2) is 0 Å². The maximum Gasteiger partial charge on any atom is 0.221 e. The van der Waals surface area contributed by atoms with Crippen molar-refractivity contribution < 1.29 is 4.79 Å². The average Bonchev–Trinajstić information content (AvgIpc) is 2.03. The Morgan fingerprint density at radius 1 is 1.54 bits per heavy atom. The number of nitrogens with two attached hydrogens (primary N) is 1. The van der Waals surface area contributed by atoms with Crippen LogP contribution in [0.3, 0.4) is 0 Å². The molecule has 74 valence electrons. The van der Waals surface area contributed by atoms with Crippen molar-refractivity contribution in [3.8, 4) is 12.3 Å². The van der Waals surface area contributed by atoms with E-state index in [1.54, 1.807) is 0 Å². The number of hydrogen-bond acceptors (Lipinski definition) is 1. The van der Waals surface area contributed by atoms with Gasteiger partial charge in [0.1, 0.15) is 0 Å². The van der Waals surface area contributed by atoms with Crippen molar-refractivity contribution in [2.45, 2.75) is 33.6 Å². The molecule has 0 heterocycles. The Morgan fingerprint density at radius 3 is 2.31 bits per heavy atom. The van der Waals surface area contributed by atoms with Crippen LogP contribution >= 0.6 is 0 Å². The van der Waals surface area contributed by atoms with Crippen LogP contribution in [0.15, 0.2) is 0 Å². The molecule has 0 aromatic carbocycles. The highest BCUT2D eigenvalue weighted by molar-refractivity contribution is 5.77. The average molecular weight is 181 g/mol. The van der Waals surface area contributed by atoms with Crippen LogP contribution in [-0.4, -0.2) is 5.91 Å². The van der Waals surface area contributed by atoms with Crippen molar-refractivity contribution >= 4 is 5.91 Å². The number of amides is 1. The van der Waals surface area contributed by atoms with E-state index in [0.717, 1.165) is 12.8 Å². The van der Waals surface area contributed by atoms with Gasteiger partial charge in [-0.15, -0.1) is 12.3 Å². The summed E-state index contributed by atoms with van der Waals surface area (Å²) in [6.07, 6.45) is 7.12. The second kappa shape index (κ2) is 5.64. The molecular weight excluding hydrogens is 162 g/mol. The van der Waals surface area contributed by atoms with E-state index >= 15 is 0 Å². The molecule has 0 aromatic rings. The molecule has 0 fully saturated rings. The molecule has 0 aliphatic carbocycles. The highest BCUT2D eigenvalue weighted by Gasteiger charge is 2.26. The zero-order valence-electron chi connectivity index (χ0n) is 8.71. The number of primary amides is 1. The van der Waals surface area contributed by atoms with E-state index in [0.29, 0.717) is 5.92 Å². The lowest BCUT2D eigenvalue weighted by Gasteiger charge is -2.22. The minimum atomic E-state index is -0.265. The fourth-order valence-corrected chi connectivity index (χ4v) is 1.58. The Morgan fingerprint density at radius 2 is 2.08 bits per heavy atom. The standard InChI is InChI=1S/C11H19NO/c1-5-7-10(11(12)13)9(6-2)8(3)4/h2,8-10H,5,7H2,1,3-4H3,(H2,12,13)/t9-,10?/m0/s1. The van der Waals surface area contributed by atoms with E-state index in [9.17, 15) is 4.79 Å². The molecule has 0 aliphatic rings. The van der Waals surface area contributed by atoms with E-state index in [-0.39, 0.29) is 17.7 Å². The molecular formula is C11H19NO. The second-order valence-electron chi connectivity index (χ2n) is 3.73. The van der Waals surface area contributed by atoms with Gasteiger partial charge in [0.05, 0.1) is 5.92 Å². The van der Waals surface area contributed by atoms with E-state index in [4.69, 9.17) is 12.2 Å². The van der Waals surface area contributed by atoms with Gasteiger partial charge in [0, 0.05) is 5.92 Å². The third-order valence-corrected chi connectivity index (χ3v) is 2.31. The number of terminal acetylenes is 1. The van der Waals surface area contributed by atoms with Crippen LogP contribution < -0.4 is 5.73 Å². The van der Waals surface area contributed by atoms with Crippen LogP contribution in [0, 0.1) is 30.1 Å². The van der Waals surface area contributed by atoms with Crippen LogP contribution in [0.1, 0.15) is 33.6 Å². The molecule has 2 N–H and O–H groups in total.